The molecule has 0 amide bonds. The van der Waals surface area contributed by atoms with Crippen molar-refractivity contribution in [3.8, 4) is 0 Å². The molecule has 4 nitrogen and oxygen atoms in total. The molecule has 0 aliphatic heterocycles. The molecular formula is C15H13N3O. The smallest absolute Gasteiger partial charge is 0.185 e. The second-order valence-electron chi connectivity index (χ2n) is 4.48. The lowest BCUT2D eigenvalue weighted by molar-refractivity contribution is 0.0985. The van der Waals surface area contributed by atoms with Gasteiger partial charge in [0.15, 0.2) is 5.78 Å². The minimum atomic E-state index is 0.0661. The maximum Gasteiger partial charge on any atom is 0.185 e. The van der Waals surface area contributed by atoms with E-state index in [1.807, 2.05) is 37.4 Å². The quantitative estimate of drug-likeness (QED) is 0.671. The zero-order chi connectivity index (χ0) is 13.2. The molecular weight excluding hydrogens is 238 g/mol. The Labute approximate surface area is 110 Å². The molecule has 0 spiro atoms. The van der Waals surface area contributed by atoms with Gasteiger partial charge in [0, 0.05) is 25.1 Å². The lowest BCUT2D eigenvalue weighted by Crippen LogP contribution is -2.08. The second kappa shape index (κ2) is 4.65. The van der Waals surface area contributed by atoms with E-state index in [0.717, 1.165) is 16.5 Å². The number of benzene rings is 1. The predicted molar refractivity (Wildman–Crippen MR) is 73.0 cm³/mol. The number of pyridine rings is 1. The largest absolute Gasteiger partial charge is 0.331 e. The number of para-hydroxylation sites is 1. The van der Waals surface area contributed by atoms with Crippen molar-refractivity contribution in [2.75, 3.05) is 0 Å². The standard InChI is InChI=1S/C15H13N3O/c1-18-10-16-9-14(18)15(19)8-11-6-7-17-13-5-3-2-4-12(11)13/h2-7,9-10H,8H2,1H3. The van der Waals surface area contributed by atoms with Gasteiger partial charge in [0.25, 0.3) is 0 Å². The molecule has 0 saturated heterocycles. The lowest BCUT2D eigenvalue weighted by atomic mass is 10.0. The number of rotatable bonds is 3. The van der Waals surface area contributed by atoms with Crippen LogP contribution in [0.25, 0.3) is 10.9 Å². The van der Waals surface area contributed by atoms with E-state index in [2.05, 4.69) is 9.97 Å². The zero-order valence-corrected chi connectivity index (χ0v) is 10.6. The molecule has 0 bridgehead atoms. The van der Waals surface area contributed by atoms with Gasteiger partial charge in [0.2, 0.25) is 0 Å². The molecule has 2 heterocycles. The van der Waals surface area contributed by atoms with E-state index in [1.54, 1.807) is 23.3 Å². The van der Waals surface area contributed by atoms with E-state index < -0.39 is 0 Å². The van der Waals surface area contributed by atoms with Crippen molar-refractivity contribution in [3.05, 3.63) is 60.3 Å². The fraction of sp³-hybridized carbons (Fsp3) is 0.133. The van der Waals surface area contributed by atoms with Crippen molar-refractivity contribution in [3.63, 3.8) is 0 Å². The van der Waals surface area contributed by atoms with Gasteiger partial charge < -0.3 is 4.57 Å². The Morgan fingerprint density at radius 3 is 2.89 bits per heavy atom. The Bertz CT molecular complexity index is 740. The number of aryl methyl sites for hydroxylation is 1. The van der Waals surface area contributed by atoms with Gasteiger partial charge in [-0.25, -0.2) is 4.98 Å². The monoisotopic (exact) mass is 251 g/mol. The van der Waals surface area contributed by atoms with Gasteiger partial charge in [-0.3, -0.25) is 9.78 Å². The number of carbonyl (C=O) groups is 1. The highest BCUT2D eigenvalue weighted by Crippen LogP contribution is 2.18. The van der Waals surface area contributed by atoms with Crippen LogP contribution in [0.15, 0.2) is 49.1 Å². The van der Waals surface area contributed by atoms with Crippen molar-refractivity contribution in [1.29, 1.82) is 0 Å². The summed E-state index contributed by atoms with van der Waals surface area (Å²) in [6, 6.07) is 9.75. The Balaban J connectivity index is 1.98. The third-order valence-electron chi connectivity index (χ3n) is 3.19. The molecule has 4 heteroatoms. The number of Topliss-reactive ketones (excluding diaryl/α,β-unsaturated/α-hetero) is 1. The second-order valence-corrected chi connectivity index (χ2v) is 4.48. The molecule has 0 fully saturated rings. The average molecular weight is 251 g/mol. The van der Waals surface area contributed by atoms with Crippen molar-refractivity contribution >= 4 is 16.7 Å². The van der Waals surface area contributed by atoms with Gasteiger partial charge in [-0.2, -0.15) is 0 Å². The molecule has 1 aromatic carbocycles. The highest BCUT2D eigenvalue weighted by molar-refractivity contribution is 5.98. The summed E-state index contributed by atoms with van der Waals surface area (Å²) in [5, 5.41) is 1.03. The topological polar surface area (TPSA) is 47.8 Å². The molecule has 0 unspecified atom stereocenters. The van der Waals surface area contributed by atoms with Crippen LogP contribution in [0, 0.1) is 0 Å². The van der Waals surface area contributed by atoms with Gasteiger partial charge in [-0.1, -0.05) is 18.2 Å². The molecule has 3 rings (SSSR count). The first-order valence-electron chi connectivity index (χ1n) is 6.08. The van der Waals surface area contributed by atoms with Gasteiger partial charge >= 0.3 is 0 Å². The molecule has 94 valence electrons. The highest BCUT2D eigenvalue weighted by Gasteiger charge is 2.12. The lowest BCUT2D eigenvalue weighted by Gasteiger charge is -2.05. The number of imidazole rings is 1. The van der Waals surface area contributed by atoms with Crippen LogP contribution < -0.4 is 0 Å². The summed E-state index contributed by atoms with van der Waals surface area (Å²) >= 11 is 0. The average Bonchev–Trinajstić information content (AvgIpc) is 2.85. The summed E-state index contributed by atoms with van der Waals surface area (Å²) in [6.07, 6.45) is 5.35. The fourth-order valence-corrected chi connectivity index (χ4v) is 2.20. The van der Waals surface area contributed by atoms with Gasteiger partial charge in [0.1, 0.15) is 5.69 Å². The molecule has 0 saturated carbocycles. The number of hydrogen-bond donors (Lipinski definition) is 0. The van der Waals surface area contributed by atoms with Gasteiger partial charge in [-0.15, -0.1) is 0 Å². The molecule has 0 atom stereocenters. The van der Waals surface area contributed by atoms with Crippen molar-refractivity contribution < 1.29 is 4.79 Å². The Morgan fingerprint density at radius 2 is 2.11 bits per heavy atom. The number of fused-ring (bicyclic) bond motifs is 1. The molecule has 3 aromatic rings. The van der Waals surface area contributed by atoms with Crippen LogP contribution in [0.4, 0.5) is 0 Å². The predicted octanol–water partition coefficient (Wildman–Crippen LogP) is 2.39. The number of aromatic nitrogens is 3. The normalized spacial score (nSPS) is 10.8. The Kier molecular flexibility index (Phi) is 2.83. The summed E-state index contributed by atoms with van der Waals surface area (Å²) in [7, 11) is 1.82. The number of hydrogen-bond acceptors (Lipinski definition) is 3. The van der Waals surface area contributed by atoms with E-state index in [1.165, 1.54) is 0 Å². The van der Waals surface area contributed by atoms with Gasteiger partial charge in [0.05, 0.1) is 18.0 Å². The van der Waals surface area contributed by atoms with Crippen LogP contribution in [0.5, 0.6) is 0 Å². The van der Waals surface area contributed by atoms with Crippen molar-refractivity contribution in [2.45, 2.75) is 6.42 Å². The Hall–Kier alpha value is -2.49. The maximum atomic E-state index is 12.3. The number of nitrogens with zero attached hydrogens (tertiary/aromatic N) is 3. The number of carbonyl (C=O) groups excluding carboxylic acids is 1. The van der Waals surface area contributed by atoms with Crippen molar-refractivity contribution in [2.24, 2.45) is 7.05 Å². The van der Waals surface area contributed by atoms with E-state index in [9.17, 15) is 4.79 Å². The number of ketones is 1. The first-order valence-corrected chi connectivity index (χ1v) is 6.08. The van der Waals surface area contributed by atoms with E-state index in [4.69, 9.17) is 0 Å². The third-order valence-corrected chi connectivity index (χ3v) is 3.19. The summed E-state index contributed by atoms with van der Waals surface area (Å²) < 4.78 is 1.74. The van der Waals surface area contributed by atoms with Crippen LogP contribution in [-0.4, -0.2) is 20.3 Å². The minimum absolute atomic E-state index is 0.0661. The summed E-state index contributed by atoms with van der Waals surface area (Å²) in [5.41, 5.74) is 2.54. The molecule has 0 N–H and O–H groups in total. The van der Waals surface area contributed by atoms with Crippen molar-refractivity contribution in [1.82, 2.24) is 14.5 Å². The SMILES string of the molecule is Cn1cncc1C(=O)Cc1ccnc2ccccc12. The highest BCUT2D eigenvalue weighted by atomic mass is 16.1. The minimum Gasteiger partial charge on any atom is -0.331 e. The molecule has 19 heavy (non-hydrogen) atoms. The van der Waals surface area contributed by atoms with Crippen LogP contribution in [0.2, 0.25) is 0 Å². The zero-order valence-electron chi connectivity index (χ0n) is 10.6. The summed E-state index contributed by atoms with van der Waals surface area (Å²) in [4.78, 5) is 20.5. The molecule has 0 radical (unpaired) electrons. The molecule has 2 aromatic heterocycles. The van der Waals surface area contributed by atoms with E-state index >= 15 is 0 Å². The third kappa shape index (κ3) is 2.12. The summed E-state index contributed by atoms with van der Waals surface area (Å²) in [5.74, 6) is 0.0661. The fourth-order valence-electron chi connectivity index (χ4n) is 2.20. The van der Waals surface area contributed by atoms with Crippen LogP contribution in [0.3, 0.4) is 0 Å². The van der Waals surface area contributed by atoms with Crippen LogP contribution in [-0.2, 0) is 13.5 Å². The van der Waals surface area contributed by atoms with Gasteiger partial charge in [-0.05, 0) is 17.7 Å². The molecule has 0 aliphatic carbocycles. The Morgan fingerprint density at radius 1 is 1.26 bits per heavy atom. The van der Waals surface area contributed by atoms with Crippen LogP contribution in [0.1, 0.15) is 16.1 Å². The first kappa shape index (κ1) is 11.6. The summed E-state index contributed by atoms with van der Waals surface area (Å²) in [6.45, 7) is 0. The van der Waals surface area contributed by atoms with E-state index in [-0.39, 0.29) is 5.78 Å². The van der Waals surface area contributed by atoms with Crippen LogP contribution >= 0.6 is 0 Å². The first-order chi connectivity index (χ1) is 9.25. The molecule has 0 aliphatic rings. The van der Waals surface area contributed by atoms with E-state index in [0.29, 0.717) is 12.1 Å². The maximum absolute atomic E-state index is 12.3.